The summed E-state index contributed by atoms with van der Waals surface area (Å²) in [5.41, 5.74) is 4.39. The highest BCUT2D eigenvalue weighted by atomic mass is 32.2. The first-order valence-corrected chi connectivity index (χ1v) is 9.33. The molecule has 0 aliphatic rings. The monoisotopic (exact) mass is 356 g/mol. The van der Waals surface area contributed by atoms with Crippen LogP contribution < -0.4 is 4.72 Å². The van der Waals surface area contributed by atoms with Crippen molar-refractivity contribution in [2.45, 2.75) is 25.3 Å². The Morgan fingerprint density at radius 3 is 2.56 bits per heavy atom. The number of sulfonamides is 1. The van der Waals surface area contributed by atoms with Crippen LogP contribution in [-0.2, 0) is 23.6 Å². The Morgan fingerprint density at radius 1 is 1.08 bits per heavy atom. The van der Waals surface area contributed by atoms with Gasteiger partial charge >= 0.3 is 0 Å². The number of nitrogens with one attached hydrogen (secondary N) is 1. The van der Waals surface area contributed by atoms with Crippen LogP contribution in [0.5, 0.6) is 0 Å². The molecule has 1 N–H and O–H groups in total. The highest BCUT2D eigenvalue weighted by Crippen LogP contribution is 2.19. The van der Waals surface area contributed by atoms with Gasteiger partial charge < -0.3 is 0 Å². The van der Waals surface area contributed by atoms with Crippen LogP contribution in [0.2, 0.25) is 0 Å². The molecule has 3 rings (SSSR count). The second-order valence-corrected chi connectivity index (χ2v) is 7.81. The molecule has 2 aromatic heterocycles. The molecule has 0 bridgehead atoms. The van der Waals surface area contributed by atoms with E-state index in [9.17, 15) is 8.42 Å². The van der Waals surface area contributed by atoms with Gasteiger partial charge in [-0.25, -0.2) is 13.1 Å². The topological polar surface area (TPSA) is 76.9 Å². The van der Waals surface area contributed by atoms with Gasteiger partial charge in [0, 0.05) is 43.3 Å². The summed E-state index contributed by atoms with van der Waals surface area (Å²) in [6, 6.07) is 7.21. The number of aryl methyl sites for hydroxylation is 3. The van der Waals surface area contributed by atoms with Crippen molar-refractivity contribution in [2.75, 3.05) is 0 Å². The Labute approximate surface area is 147 Å². The molecular weight excluding hydrogens is 336 g/mol. The zero-order chi connectivity index (χ0) is 18.0. The molecular formula is C18H20N4O2S. The molecule has 0 fully saturated rings. The van der Waals surface area contributed by atoms with Crippen LogP contribution >= 0.6 is 0 Å². The van der Waals surface area contributed by atoms with Crippen LogP contribution in [0.15, 0.2) is 53.9 Å². The highest BCUT2D eigenvalue weighted by Gasteiger charge is 2.16. The average molecular weight is 356 g/mol. The molecule has 0 unspecified atom stereocenters. The lowest BCUT2D eigenvalue weighted by molar-refractivity contribution is 0.580. The molecule has 2 heterocycles. The minimum absolute atomic E-state index is 0.177. The van der Waals surface area contributed by atoms with Crippen LogP contribution in [0.4, 0.5) is 0 Å². The van der Waals surface area contributed by atoms with E-state index in [0.717, 1.165) is 27.8 Å². The number of hydrogen-bond acceptors (Lipinski definition) is 4. The summed E-state index contributed by atoms with van der Waals surface area (Å²) in [6.07, 6.45) is 7.03. The van der Waals surface area contributed by atoms with E-state index in [0.29, 0.717) is 4.90 Å². The van der Waals surface area contributed by atoms with Gasteiger partial charge in [0.2, 0.25) is 10.0 Å². The summed E-state index contributed by atoms with van der Waals surface area (Å²) in [7, 11) is -1.73. The number of pyridine rings is 1. The maximum Gasteiger partial charge on any atom is 0.241 e. The molecule has 25 heavy (non-hydrogen) atoms. The molecule has 1 aromatic carbocycles. The van der Waals surface area contributed by atoms with Gasteiger partial charge in [0.1, 0.15) is 0 Å². The van der Waals surface area contributed by atoms with E-state index in [1.807, 2.05) is 32.3 Å². The second kappa shape index (κ2) is 6.78. The maximum absolute atomic E-state index is 12.6. The molecule has 0 aliphatic carbocycles. The van der Waals surface area contributed by atoms with Crippen LogP contribution in [0.1, 0.15) is 16.7 Å². The Bertz CT molecular complexity index is 1010. The van der Waals surface area contributed by atoms with Crippen molar-refractivity contribution in [1.29, 1.82) is 0 Å². The smallest absolute Gasteiger partial charge is 0.241 e. The predicted octanol–water partition coefficient (Wildman–Crippen LogP) is 2.58. The highest BCUT2D eigenvalue weighted by molar-refractivity contribution is 7.89. The van der Waals surface area contributed by atoms with Gasteiger partial charge in [0.05, 0.1) is 11.1 Å². The first-order chi connectivity index (χ1) is 11.8. The van der Waals surface area contributed by atoms with E-state index in [2.05, 4.69) is 14.8 Å². The van der Waals surface area contributed by atoms with Crippen molar-refractivity contribution in [3.8, 4) is 11.1 Å². The lowest BCUT2D eigenvalue weighted by Gasteiger charge is -2.10. The largest absolute Gasteiger partial charge is 0.275 e. The van der Waals surface area contributed by atoms with Crippen molar-refractivity contribution in [3.63, 3.8) is 0 Å². The lowest BCUT2D eigenvalue weighted by atomic mass is 10.1. The van der Waals surface area contributed by atoms with Gasteiger partial charge in [-0.05, 0) is 37.1 Å². The number of rotatable bonds is 5. The van der Waals surface area contributed by atoms with Crippen molar-refractivity contribution < 1.29 is 8.42 Å². The number of hydrogen-bond donors (Lipinski definition) is 1. The fourth-order valence-electron chi connectivity index (χ4n) is 2.67. The van der Waals surface area contributed by atoms with E-state index in [-0.39, 0.29) is 6.54 Å². The Morgan fingerprint density at radius 2 is 1.88 bits per heavy atom. The molecule has 130 valence electrons. The number of nitrogens with zero attached hydrogens (tertiary/aromatic N) is 3. The van der Waals surface area contributed by atoms with Crippen LogP contribution in [0.3, 0.4) is 0 Å². The Kier molecular flexibility index (Phi) is 4.69. The maximum atomic E-state index is 12.6. The van der Waals surface area contributed by atoms with Crippen LogP contribution in [-0.4, -0.2) is 23.2 Å². The van der Waals surface area contributed by atoms with Crippen molar-refractivity contribution in [3.05, 3.63) is 65.7 Å². The first-order valence-electron chi connectivity index (χ1n) is 7.85. The molecule has 0 amide bonds. The third-order valence-electron chi connectivity index (χ3n) is 3.92. The van der Waals surface area contributed by atoms with Crippen molar-refractivity contribution in [2.24, 2.45) is 7.05 Å². The molecule has 0 saturated carbocycles. The minimum atomic E-state index is -3.57. The number of benzene rings is 1. The lowest BCUT2D eigenvalue weighted by Crippen LogP contribution is -2.24. The summed E-state index contributed by atoms with van der Waals surface area (Å²) < 4.78 is 29.5. The third-order valence-corrected chi connectivity index (χ3v) is 5.48. The molecule has 6 nitrogen and oxygen atoms in total. The molecule has 0 aliphatic heterocycles. The summed E-state index contributed by atoms with van der Waals surface area (Å²) >= 11 is 0. The molecule has 3 aromatic rings. The summed E-state index contributed by atoms with van der Waals surface area (Å²) in [4.78, 5) is 4.50. The van der Waals surface area contributed by atoms with Gasteiger partial charge in [-0.3, -0.25) is 9.67 Å². The Hall–Kier alpha value is -2.51. The van der Waals surface area contributed by atoms with E-state index in [1.54, 1.807) is 42.3 Å². The fourth-order valence-corrected chi connectivity index (χ4v) is 3.91. The minimum Gasteiger partial charge on any atom is -0.275 e. The predicted molar refractivity (Wildman–Crippen MR) is 96.4 cm³/mol. The van der Waals surface area contributed by atoms with Crippen LogP contribution in [0, 0.1) is 13.8 Å². The summed E-state index contributed by atoms with van der Waals surface area (Å²) in [5.74, 6) is 0. The van der Waals surface area contributed by atoms with Gasteiger partial charge in [-0.2, -0.15) is 5.10 Å². The zero-order valence-electron chi connectivity index (χ0n) is 14.4. The average Bonchev–Trinajstić information content (AvgIpc) is 2.99. The standard InChI is InChI=1S/C18H20N4O2S/c1-13-4-5-18(14(2)6-13)25(23,24)21-9-15-7-16(10-19-8-15)17-11-20-22(3)12-17/h4-8,10-12,21H,9H2,1-3H3. The molecule has 0 saturated heterocycles. The van der Waals surface area contributed by atoms with Gasteiger partial charge in [-0.15, -0.1) is 0 Å². The molecule has 0 atom stereocenters. The van der Waals surface area contributed by atoms with Crippen molar-refractivity contribution >= 4 is 10.0 Å². The Balaban J connectivity index is 1.79. The normalized spacial score (nSPS) is 11.6. The van der Waals surface area contributed by atoms with Gasteiger partial charge in [0.25, 0.3) is 0 Å². The quantitative estimate of drug-likeness (QED) is 0.762. The molecule has 7 heteroatoms. The van der Waals surface area contributed by atoms with E-state index < -0.39 is 10.0 Å². The second-order valence-electron chi connectivity index (χ2n) is 6.08. The third kappa shape index (κ3) is 3.94. The van der Waals surface area contributed by atoms with Gasteiger partial charge in [-0.1, -0.05) is 17.7 Å². The van der Waals surface area contributed by atoms with E-state index in [1.165, 1.54) is 0 Å². The number of aromatic nitrogens is 3. The molecule has 0 spiro atoms. The van der Waals surface area contributed by atoms with Crippen LogP contribution in [0.25, 0.3) is 11.1 Å². The van der Waals surface area contributed by atoms with E-state index >= 15 is 0 Å². The van der Waals surface area contributed by atoms with E-state index in [4.69, 9.17) is 0 Å². The zero-order valence-corrected chi connectivity index (χ0v) is 15.2. The summed E-state index contributed by atoms with van der Waals surface area (Å²) in [6.45, 7) is 3.91. The van der Waals surface area contributed by atoms with Gasteiger partial charge in [0.15, 0.2) is 0 Å². The SMILES string of the molecule is Cc1ccc(S(=O)(=O)NCc2cncc(-c3cnn(C)c3)c2)c(C)c1. The fraction of sp³-hybridized carbons (Fsp3) is 0.222. The first kappa shape index (κ1) is 17.3. The van der Waals surface area contributed by atoms with Crippen molar-refractivity contribution in [1.82, 2.24) is 19.5 Å². The summed E-state index contributed by atoms with van der Waals surface area (Å²) in [5, 5.41) is 4.14. The molecule has 0 radical (unpaired) electrons.